The zero-order valence-electron chi connectivity index (χ0n) is 12.6. The Morgan fingerprint density at radius 2 is 1.67 bits per heavy atom. The van der Waals surface area contributed by atoms with Gasteiger partial charge in [0.15, 0.2) is 0 Å². The lowest BCUT2D eigenvalue weighted by Crippen LogP contribution is -2.34. The molecule has 1 saturated carbocycles. The molecule has 1 aromatic rings. The summed E-state index contributed by atoms with van der Waals surface area (Å²) in [5.74, 6) is 1.61. The van der Waals surface area contributed by atoms with E-state index in [2.05, 4.69) is 15.9 Å². The van der Waals surface area contributed by atoms with Gasteiger partial charge in [-0.2, -0.15) is 0 Å². The molecular formula is C16H24BrNO3. The van der Waals surface area contributed by atoms with Crippen molar-refractivity contribution >= 4 is 15.9 Å². The number of benzene rings is 1. The Bertz CT molecular complexity index is 450. The molecule has 118 valence electrons. The van der Waals surface area contributed by atoms with Gasteiger partial charge in [-0.3, -0.25) is 0 Å². The van der Waals surface area contributed by atoms with Gasteiger partial charge in [0.1, 0.15) is 16.0 Å². The third-order valence-electron chi connectivity index (χ3n) is 4.35. The van der Waals surface area contributed by atoms with E-state index in [4.69, 9.17) is 15.2 Å². The Morgan fingerprint density at radius 1 is 1.14 bits per heavy atom. The number of aliphatic hydroxyl groups is 1. The minimum atomic E-state index is -0.527. The Balaban J connectivity index is 2.23. The SMILES string of the molecule is COc1cc([C@H](N)[C@H](O)C2CCCCC2)cc(OC)c1Br. The molecule has 1 aliphatic rings. The summed E-state index contributed by atoms with van der Waals surface area (Å²) in [6.07, 6.45) is 5.21. The summed E-state index contributed by atoms with van der Waals surface area (Å²) < 4.78 is 11.4. The summed E-state index contributed by atoms with van der Waals surface area (Å²) in [4.78, 5) is 0. The maximum atomic E-state index is 10.6. The van der Waals surface area contributed by atoms with Crippen molar-refractivity contribution in [3.8, 4) is 11.5 Å². The average molecular weight is 358 g/mol. The minimum Gasteiger partial charge on any atom is -0.495 e. The van der Waals surface area contributed by atoms with Crippen LogP contribution in [0.25, 0.3) is 0 Å². The highest BCUT2D eigenvalue weighted by Crippen LogP contribution is 2.39. The van der Waals surface area contributed by atoms with E-state index in [9.17, 15) is 5.11 Å². The molecule has 0 bridgehead atoms. The third kappa shape index (κ3) is 3.71. The number of ether oxygens (including phenoxy) is 2. The van der Waals surface area contributed by atoms with Crippen LogP contribution in [0.5, 0.6) is 11.5 Å². The van der Waals surface area contributed by atoms with Crippen LogP contribution in [-0.2, 0) is 0 Å². The van der Waals surface area contributed by atoms with Crippen LogP contribution in [0, 0.1) is 5.92 Å². The molecule has 0 saturated heterocycles. The van der Waals surface area contributed by atoms with E-state index >= 15 is 0 Å². The van der Waals surface area contributed by atoms with Gasteiger partial charge in [-0.1, -0.05) is 19.3 Å². The van der Waals surface area contributed by atoms with Gasteiger partial charge in [0.2, 0.25) is 0 Å². The summed E-state index contributed by atoms with van der Waals surface area (Å²) in [5.41, 5.74) is 7.13. The standard InChI is InChI=1S/C16H24BrNO3/c1-20-12-8-11(9-13(21-2)14(12)17)15(18)16(19)10-6-4-3-5-7-10/h8-10,15-16,19H,3-7,18H2,1-2H3/t15-,16+/m0/s1. The fraction of sp³-hybridized carbons (Fsp3) is 0.625. The lowest BCUT2D eigenvalue weighted by Gasteiger charge is -2.31. The molecule has 0 heterocycles. The van der Waals surface area contributed by atoms with Crippen LogP contribution in [-0.4, -0.2) is 25.4 Å². The van der Waals surface area contributed by atoms with Crippen LogP contribution in [0.3, 0.4) is 0 Å². The van der Waals surface area contributed by atoms with Crippen molar-refractivity contribution in [3.63, 3.8) is 0 Å². The number of hydrogen-bond donors (Lipinski definition) is 2. The van der Waals surface area contributed by atoms with Crippen LogP contribution < -0.4 is 15.2 Å². The lowest BCUT2D eigenvalue weighted by atomic mass is 9.81. The topological polar surface area (TPSA) is 64.7 Å². The third-order valence-corrected chi connectivity index (χ3v) is 5.14. The van der Waals surface area contributed by atoms with Crippen molar-refractivity contribution < 1.29 is 14.6 Å². The second-order valence-electron chi connectivity index (χ2n) is 5.65. The molecule has 21 heavy (non-hydrogen) atoms. The van der Waals surface area contributed by atoms with E-state index in [-0.39, 0.29) is 5.92 Å². The first-order valence-corrected chi connectivity index (χ1v) is 8.22. The smallest absolute Gasteiger partial charge is 0.137 e. The Morgan fingerprint density at radius 3 is 2.14 bits per heavy atom. The van der Waals surface area contributed by atoms with Crippen LogP contribution in [0.15, 0.2) is 16.6 Å². The van der Waals surface area contributed by atoms with Gasteiger partial charge in [-0.25, -0.2) is 0 Å². The van der Waals surface area contributed by atoms with Gasteiger partial charge in [0, 0.05) is 0 Å². The molecule has 4 nitrogen and oxygen atoms in total. The van der Waals surface area contributed by atoms with E-state index in [1.165, 1.54) is 19.3 Å². The van der Waals surface area contributed by atoms with E-state index in [0.29, 0.717) is 11.5 Å². The second kappa shape index (κ2) is 7.47. The van der Waals surface area contributed by atoms with Crippen molar-refractivity contribution in [3.05, 3.63) is 22.2 Å². The number of rotatable bonds is 5. The normalized spacial score (nSPS) is 19.1. The first-order valence-electron chi connectivity index (χ1n) is 7.43. The molecule has 2 rings (SSSR count). The predicted octanol–water partition coefficient (Wildman–Crippen LogP) is 3.41. The number of hydrogen-bond acceptors (Lipinski definition) is 4. The second-order valence-corrected chi connectivity index (χ2v) is 6.45. The molecule has 0 unspecified atom stereocenters. The highest BCUT2D eigenvalue weighted by molar-refractivity contribution is 9.10. The van der Waals surface area contributed by atoms with Gasteiger partial charge in [-0.15, -0.1) is 0 Å². The van der Waals surface area contributed by atoms with Crippen molar-refractivity contribution in [2.75, 3.05) is 14.2 Å². The molecule has 0 spiro atoms. The maximum Gasteiger partial charge on any atom is 0.137 e. The van der Waals surface area contributed by atoms with Crippen LogP contribution in [0.1, 0.15) is 43.7 Å². The van der Waals surface area contributed by atoms with Crippen LogP contribution in [0.4, 0.5) is 0 Å². The molecule has 1 aromatic carbocycles. The van der Waals surface area contributed by atoms with Crippen molar-refractivity contribution in [1.82, 2.24) is 0 Å². The highest BCUT2D eigenvalue weighted by Gasteiger charge is 2.28. The Kier molecular flexibility index (Phi) is 5.90. The van der Waals surface area contributed by atoms with Gasteiger partial charge in [0.05, 0.1) is 26.4 Å². The van der Waals surface area contributed by atoms with E-state index in [1.54, 1.807) is 14.2 Å². The van der Waals surface area contributed by atoms with E-state index in [1.807, 2.05) is 12.1 Å². The van der Waals surface area contributed by atoms with Crippen molar-refractivity contribution in [1.29, 1.82) is 0 Å². The summed E-state index contributed by atoms with van der Waals surface area (Å²) in [7, 11) is 3.21. The summed E-state index contributed by atoms with van der Waals surface area (Å²) in [6.45, 7) is 0. The quantitative estimate of drug-likeness (QED) is 0.847. The summed E-state index contributed by atoms with van der Waals surface area (Å²) in [5, 5.41) is 10.6. The molecule has 5 heteroatoms. The lowest BCUT2D eigenvalue weighted by molar-refractivity contribution is 0.0617. The molecule has 2 atom stereocenters. The van der Waals surface area contributed by atoms with Crippen molar-refractivity contribution in [2.45, 2.75) is 44.2 Å². The zero-order chi connectivity index (χ0) is 15.4. The molecule has 0 aromatic heterocycles. The molecule has 0 amide bonds. The Labute approximate surface area is 134 Å². The number of methoxy groups -OCH3 is 2. The monoisotopic (exact) mass is 357 g/mol. The average Bonchev–Trinajstić information content (AvgIpc) is 2.54. The van der Waals surface area contributed by atoms with E-state index in [0.717, 1.165) is 22.9 Å². The number of aliphatic hydroxyl groups excluding tert-OH is 1. The fourth-order valence-corrected chi connectivity index (χ4v) is 3.60. The largest absolute Gasteiger partial charge is 0.495 e. The molecular weight excluding hydrogens is 334 g/mol. The fourth-order valence-electron chi connectivity index (χ4n) is 3.05. The van der Waals surface area contributed by atoms with Gasteiger partial charge < -0.3 is 20.3 Å². The molecule has 0 aliphatic heterocycles. The van der Waals surface area contributed by atoms with Crippen LogP contribution in [0.2, 0.25) is 0 Å². The molecule has 1 fully saturated rings. The first kappa shape index (κ1) is 16.6. The predicted molar refractivity (Wildman–Crippen MR) is 86.8 cm³/mol. The summed E-state index contributed by atoms with van der Waals surface area (Å²) >= 11 is 3.45. The molecule has 0 radical (unpaired) electrons. The number of halogens is 1. The Hall–Kier alpha value is -0.780. The number of nitrogens with two attached hydrogens (primary N) is 1. The van der Waals surface area contributed by atoms with Gasteiger partial charge in [0.25, 0.3) is 0 Å². The molecule has 3 N–H and O–H groups in total. The minimum absolute atomic E-state index is 0.286. The highest BCUT2D eigenvalue weighted by atomic mass is 79.9. The molecule has 1 aliphatic carbocycles. The van der Waals surface area contributed by atoms with E-state index < -0.39 is 12.1 Å². The van der Waals surface area contributed by atoms with Crippen molar-refractivity contribution in [2.24, 2.45) is 11.7 Å². The first-order chi connectivity index (χ1) is 10.1. The maximum absolute atomic E-state index is 10.6. The zero-order valence-corrected chi connectivity index (χ0v) is 14.2. The van der Waals surface area contributed by atoms with Gasteiger partial charge in [-0.05, 0) is 52.4 Å². The van der Waals surface area contributed by atoms with Gasteiger partial charge >= 0.3 is 0 Å². The van der Waals surface area contributed by atoms with Crippen LogP contribution >= 0.6 is 15.9 Å². The summed E-state index contributed by atoms with van der Waals surface area (Å²) in [6, 6.07) is 3.30.